The summed E-state index contributed by atoms with van der Waals surface area (Å²) in [6.07, 6.45) is 14.9. The summed E-state index contributed by atoms with van der Waals surface area (Å²) in [7, 11) is 0. The van der Waals surface area contributed by atoms with Crippen LogP contribution < -0.4 is 24.8 Å². The minimum Gasteiger partial charge on any atom is -1.00 e. The molecule has 3 heteroatoms. The van der Waals surface area contributed by atoms with Gasteiger partial charge in [-0.05, 0) is 0 Å². The molecule has 0 radical (unpaired) electrons. The predicted molar refractivity (Wildman–Crippen MR) is 213 cm³/mol. The first-order valence-corrected chi connectivity index (χ1v) is 22.4. The molecule has 8 rings (SSSR count). The molecule has 0 bridgehead atoms. The third-order valence-electron chi connectivity index (χ3n) is 12.1. The normalized spacial score (nSPS) is 18.1. The molecule has 1 atom stereocenters. The molecule has 0 aromatic heterocycles. The van der Waals surface area contributed by atoms with E-state index in [0.29, 0.717) is 5.92 Å². The van der Waals surface area contributed by atoms with Gasteiger partial charge in [0.2, 0.25) is 0 Å². The van der Waals surface area contributed by atoms with Crippen LogP contribution in [0.5, 0.6) is 0 Å². The van der Waals surface area contributed by atoms with Gasteiger partial charge in [0.15, 0.2) is 0 Å². The van der Waals surface area contributed by atoms with E-state index in [1.165, 1.54) is 72.3 Å². The molecule has 52 heavy (non-hydrogen) atoms. The van der Waals surface area contributed by atoms with Crippen LogP contribution in [-0.4, -0.2) is 3.21 Å². The second-order valence-corrected chi connectivity index (χ2v) is 23.4. The summed E-state index contributed by atoms with van der Waals surface area (Å²) in [5.41, 5.74) is 18.9. The molecule has 0 N–H and O–H groups in total. The summed E-state index contributed by atoms with van der Waals surface area (Å²) < 4.78 is 5.07. The Kier molecular flexibility index (Phi) is 10.3. The van der Waals surface area contributed by atoms with Crippen molar-refractivity contribution in [1.29, 1.82) is 0 Å². The fourth-order valence-corrected chi connectivity index (χ4v) is 18.3. The summed E-state index contributed by atoms with van der Waals surface area (Å²) in [5.74, 6) is 0.487. The molecule has 0 nitrogen and oxygen atoms in total. The quantitative estimate of drug-likeness (QED) is 0.188. The Labute approximate surface area is 333 Å². The van der Waals surface area contributed by atoms with E-state index in [1.54, 1.807) is 9.77 Å². The third-order valence-corrected chi connectivity index (χ3v) is 20.7. The molecule has 0 fully saturated rings. The number of aryl methyl sites for hydroxylation is 2. The van der Waals surface area contributed by atoms with Gasteiger partial charge in [0.1, 0.15) is 0 Å². The summed E-state index contributed by atoms with van der Waals surface area (Å²) in [6, 6.07) is 29.1. The average molecular weight is 803 g/mol. The van der Waals surface area contributed by atoms with Crippen LogP contribution in [0.3, 0.4) is 0 Å². The van der Waals surface area contributed by atoms with Gasteiger partial charge < -0.3 is 24.8 Å². The van der Waals surface area contributed by atoms with Crippen molar-refractivity contribution in [3.8, 4) is 11.1 Å². The predicted octanol–water partition coefficient (Wildman–Crippen LogP) is 6.60. The van der Waals surface area contributed by atoms with Gasteiger partial charge in [0.25, 0.3) is 0 Å². The number of halogens is 2. The van der Waals surface area contributed by atoms with Crippen LogP contribution in [0, 0.1) is 25.2 Å². The fraction of sp³-hybridized carbons (Fsp3) is 0.327. The summed E-state index contributed by atoms with van der Waals surface area (Å²) in [5, 5.41) is 0. The number of hydrogen-bond acceptors (Lipinski definition) is 0. The molecular formula is C49H52Cl2Zr. The Morgan fingerprint density at radius 1 is 0.731 bits per heavy atom. The van der Waals surface area contributed by atoms with Gasteiger partial charge in [-0.25, -0.2) is 0 Å². The minimum absolute atomic E-state index is 0. The number of fused-ring (bicyclic) bond motifs is 5. The van der Waals surface area contributed by atoms with Crippen molar-refractivity contribution in [1.82, 2.24) is 0 Å². The van der Waals surface area contributed by atoms with Crippen molar-refractivity contribution in [3.63, 3.8) is 0 Å². The van der Waals surface area contributed by atoms with Crippen LogP contribution in [-0.2, 0) is 38.5 Å². The Hall–Kier alpha value is -2.83. The molecule has 4 aliphatic rings. The third kappa shape index (κ3) is 6.42. The first-order valence-electron chi connectivity index (χ1n) is 18.8. The van der Waals surface area contributed by atoms with Crippen molar-refractivity contribution in [2.75, 3.05) is 0 Å². The molecule has 0 heterocycles. The van der Waals surface area contributed by atoms with Gasteiger partial charge >= 0.3 is 311 Å². The molecule has 4 aromatic carbocycles. The smallest absolute Gasteiger partial charge is 1.00 e. The molecule has 0 amide bonds. The van der Waals surface area contributed by atoms with E-state index in [-0.39, 0.29) is 41.1 Å². The first-order chi connectivity index (χ1) is 23.7. The van der Waals surface area contributed by atoms with Crippen LogP contribution in [0.2, 0.25) is 0 Å². The zero-order chi connectivity index (χ0) is 35.3. The SMILES string of the molecule is CCC1C=C(C(C)(C)C)C=[C]1[Zr+2]([C]1=Cc2cc3c(cc2C1(C)C)Cc1cc2c(cc1-3)C=CC2(C)C)=[C](c1ccc(C)cc1)c1ccc(C)cc1.[Cl-].[Cl-]. The number of allylic oxidation sites excluding steroid dienone is 6. The van der Waals surface area contributed by atoms with Crippen molar-refractivity contribution < 1.29 is 46.1 Å². The maximum atomic E-state index is 2.68. The Bertz CT molecular complexity index is 2200. The van der Waals surface area contributed by atoms with Crippen molar-refractivity contribution in [2.45, 2.75) is 92.9 Å². The van der Waals surface area contributed by atoms with Crippen LogP contribution in [0.1, 0.15) is 117 Å². The van der Waals surface area contributed by atoms with E-state index in [0.717, 1.165) is 12.8 Å². The monoisotopic (exact) mass is 800 g/mol. The molecule has 1 unspecified atom stereocenters. The van der Waals surface area contributed by atoms with Gasteiger partial charge in [-0.3, -0.25) is 0 Å². The molecule has 266 valence electrons. The standard InChI is InChI=1S/C23H21.C15H14.C11H17.2ClH.Zr/c1-22(2)7-5-14-10-18-16(12-20(14)22)9-17-13-21-15(11-19(17)18)6-8-23(21,3)4;1-12-3-7-14(8-4-12)11-15-9-5-13(2)6-10-15;1-5-9-6-7-10(8-9)11(2,3)4;;;/h5-7,10-13H,9H2,1-4H3;3-10H,1-2H3;7-9H,5H2,1-4H3;2*1H;/q;;;;;+2/p-2. The fourth-order valence-electron chi connectivity index (χ4n) is 8.95. The number of hydrogen-bond donors (Lipinski definition) is 0. The minimum atomic E-state index is -2.85. The maximum absolute atomic E-state index is 2.85. The Balaban J connectivity index is 0.00000232. The van der Waals surface area contributed by atoms with Gasteiger partial charge in [-0.15, -0.1) is 0 Å². The summed E-state index contributed by atoms with van der Waals surface area (Å²) >= 11 is -2.85. The zero-order valence-corrected chi connectivity index (χ0v) is 36.5. The van der Waals surface area contributed by atoms with Crippen molar-refractivity contribution >= 4 is 15.4 Å². The number of rotatable bonds is 5. The first kappa shape index (κ1) is 38.9. The van der Waals surface area contributed by atoms with E-state index >= 15 is 0 Å². The molecule has 0 spiro atoms. The average Bonchev–Trinajstić information content (AvgIpc) is 3.80. The zero-order valence-electron chi connectivity index (χ0n) is 32.6. The van der Waals surface area contributed by atoms with Crippen molar-refractivity contribution in [3.05, 3.63) is 159 Å². The molecule has 4 aromatic rings. The van der Waals surface area contributed by atoms with Crippen LogP contribution in [0.15, 0.2) is 103 Å². The summed E-state index contributed by atoms with van der Waals surface area (Å²) in [6.45, 7) is 23.8. The van der Waals surface area contributed by atoms with Gasteiger partial charge in [-0.1, -0.05) is 0 Å². The van der Waals surface area contributed by atoms with Gasteiger partial charge in [0.05, 0.1) is 0 Å². The van der Waals surface area contributed by atoms with Crippen LogP contribution in [0.4, 0.5) is 0 Å². The van der Waals surface area contributed by atoms with Gasteiger partial charge in [0, 0.05) is 0 Å². The largest absolute Gasteiger partial charge is 1.00 e. The van der Waals surface area contributed by atoms with E-state index in [2.05, 4.69) is 172 Å². The maximum Gasteiger partial charge on any atom is -1.00 e. The Morgan fingerprint density at radius 2 is 1.27 bits per heavy atom. The number of benzene rings is 4. The molecule has 0 aliphatic heterocycles. The second-order valence-electron chi connectivity index (χ2n) is 17.6. The molecule has 0 saturated carbocycles. The Morgan fingerprint density at radius 3 is 1.81 bits per heavy atom. The van der Waals surface area contributed by atoms with E-state index in [1.807, 2.05) is 0 Å². The van der Waals surface area contributed by atoms with Crippen LogP contribution >= 0.6 is 0 Å². The topological polar surface area (TPSA) is 0 Å². The second kappa shape index (κ2) is 13.8. The van der Waals surface area contributed by atoms with E-state index < -0.39 is 21.3 Å². The van der Waals surface area contributed by atoms with E-state index in [9.17, 15) is 0 Å². The molecular weight excluding hydrogens is 751 g/mol. The van der Waals surface area contributed by atoms with Crippen molar-refractivity contribution in [2.24, 2.45) is 11.3 Å². The summed E-state index contributed by atoms with van der Waals surface area (Å²) in [4.78, 5) is 0. The van der Waals surface area contributed by atoms with Crippen LogP contribution in [0.25, 0.3) is 23.3 Å². The van der Waals surface area contributed by atoms with Gasteiger partial charge in [-0.2, -0.15) is 0 Å². The molecule has 4 aliphatic carbocycles. The van der Waals surface area contributed by atoms with E-state index in [4.69, 9.17) is 0 Å². The molecule has 0 saturated heterocycles.